The highest BCUT2D eigenvalue weighted by Gasteiger charge is 2.12. The molecule has 3 aromatic rings. The first-order chi connectivity index (χ1) is 12.5. The minimum absolute atomic E-state index is 0.127. The van der Waals surface area contributed by atoms with Crippen LogP contribution in [0.4, 0.5) is 8.78 Å². The van der Waals surface area contributed by atoms with Crippen LogP contribution in [-0.4, -0.2) is 28.9 Å². The fourth-order valence-corrected chi connectivity index (χ4v) is 3.14. The van der Waals surface area contributed by atoms with Gasteiger partial charge in [0.1, 0.15) is 11.5 Å². The van der Waals surface area contributed by atoms with Crippen molar-refractivity contribution in [2.45, 2.75) is 17.5 Å². The minimum Gasteiger partial charge on any atom is -0.496 e. The Morgan fingerprint density at radius 3 is 2.65 bits per heavy atom. The summed E-state index contributed by atoms with van der Waals surface area (Å²) in [6.45, 7) is -2.83. The highest BCUT2D eigenvalue weighted by atomic mass is 35.5. The molecule has 5 nitrogen and oxygen atoms in total. The second-order valence-corrected chi connectivity index (χ2v) is 6.50. The molecule has 136 valence electrons. The van der Waals surface area contributed by atoms with Crippen LogP contribution < -0.4 is 9.47 Å². The largest absolute Gasteiger partial charge is 0.496 e. The van der Waals surface area contributed by atoms with E-state index in [0.29, 0.717) is 33.1 Å². The van der Waals surface area contributed by atoms with Crippen LogP contribution in [0.15, 0.2) is 47.6 Å². The minimum atomic E-state index is -2.83. The highest BCUT2D eigenvalue weighted by molar-refractivity contribution is 7.98. The number of benzene rings is 2. The van der Waals surface area contributed by atoms with Crippen molar-refractivity contribution in [1.82, 2.24) is 15.2 Å². The van der Waals surface area contributed by atoms with Gasteiger partial charge in [0, 0.05) is 10.8 Å². The van der Waals surface area contributed by atoms with Gasteiger partial charge in [0.2, 0.25) is 5.16 Å². The van der Waals surface area contributed by atoms with E-state index in [-0.39, 0.29) is 5.75 Å². The summed E-state index contributed by atoms with van der Waals surface area (Å²) in [5.74, 6) is 1.89. The van der Waals surface area contributed by atoms with E-state index in [1.54, 1.807) is 37.4 Å². The number of rotatable bonds is 7. The maximum atomic E-state index is 12.1. The Hall–Kier alpha value is -2.32. The lowest BCUT2D eigenvalue weighted by molar-refractivity contribution is -0.0498. The summed E-state index contributed by atoms with van der Waals surface area (Å²) in [6.07, 6.45) is 0. The quantitative estimate of drug-likeness (QED) is 0.567. The van der Waals surface area contributed by atoms with Crippen LogP contribution in [0.1, 0.15) is 5.56 Å². The topological polar surface area (TPSA) is 60.0 Å². The van der Waals surface area contributed by atoms with Crippen molar-refractivity contribution in [3.63, 3.8) is 0 Å². The molecule has 0 amide bonds. The van der Waals surface area contributed by atoms with Crippen LogP contribution in [0.25, 0.3) is 11.4 Å². The Bertz CT molecular complexity index is 875. The normalized spacial score (nSPS) is 11.0. The Morgan fingerprint density at radius 1 is 1.19 bits per heavy atom. The van der Waals surface area contributed by atoms with Crippen LogP contribution in [0, 0.1) is 0 Å². The first kappa shape index (κ1) is 18.5. The number of methoxy groups -OCH3 is 1. The van der Waals surface area contributed by atoms with Crippen LogP contribution in [0.5, 0.6) is 11.5 Å². The number of thioether (sulfide) groups is 1. The van der Waals surface area contributed by atoms with E-state index in [1.807, 2.05) is 0 Å². The molecular formula is C17H14ClF2N3O2S. The Labute approximate surface area is 157 Å². The average Bonchev–Trinajstić information content (AvgIpc) is 3.09. The maximum absolute atomic E-state index is 12.1. The third-order valence-electron chi connectivity index (χ3n) is 3.40. The summed E-state index contributed by atoms with van der Waals surface area (Å²) < 4.78 is 33.9. The third kappa shape index (κ3) is 4.64. The molecule has 0 radical (unpaired) electrons. The standard InChI is InChI=1S/C17H14ClF2N3O2S/c1-24-14-7-4-11(18)8-13(14)15-21-17(23-22-15)26-9-10-2-5-12(6-3-10)25-16(19)20/h2-8,16H,9H2,1H3,(H,21,22,23). The summed E-state index contributed by atoms with van der Waals surface area (Å²) in [6, 6.07) is 11.7. The molecule has 0 saturated carbocycles. The molecule has 0 atom stereocenters. The zero-order valence-electron chi connectivity index (χ0n) is 13.6. The number of ether oxygens (including phenoxy) is 2. The smallest absolute Gasteiger partial charge is 0.387 e. The van der Waals surface area contributed by atoms with Gasteiger partial charge in [-0.3, -0.25) is 5.10 Å². The Morgan fingerprint density at radius 2 is 1.96 bits per heavy atom. The zero-order chi connectivity index (χ0) is 18.5. The molecule has 1 N–H and O–H groups in total. The summed E-state index contributed by atoms with van der Waals surface area (Å²) in [5, 5.41) is 8.16. The van der Waals surface area contributed by atoms with E-state index in [9.17, 15) is 8.78 Å². The summed E-state index contributed by atoms with van der Waals surface area (Å²) in [7, 11) is 1.57. The molecule has 3 rings (SSSR count). The van der Waals surface area contributed by atoms with Gasteiger partial charge in [0.25, 0.3) is 0 Å². The van der Waals surface area contributed by atoms with Crippen LogP contribution >= 0.6 is 23.4 Å². The lowest BCUT2D eigenvalue weighted by Crippen LogP contribution is -2.01. The summed E-state index contributed by atoms with van der Waals surface area (Å²) in [4.78, 5) is 4.44. The van der Waals surface area contributed by atoms with Gasteiger partial charge in [-0.05, 0) is 35.9 Å². The third-order valence-corrected chi connectivity index (χ3v) is 4.55. The van der Waals surface area contributed by atoms with E-state index >= 15 is 0 Å². The molecule has 0 fully saturated rings. The summed E-state index contributed by atoms with van der Waals surface area (Å²) in [5.41, 5.74) is 1.65. The summed E-state index contributed by atoms with van der Waals surface area (Å²) >= 11 is 7.45. The number of nitrogens with zero attached hydrogens (tertiary/aromatic N) is 2. The Kier molecular flexibility index (Phi) is 5.95. The van der Waals surface area contributed by atoms with Gasteiger partial charge in [0.05, 0.1) is 12.7 Å². The molecule has 0 unspecified atom stereocenters. The average molecular weight is 398 g/mol. The fraction of sp³-hybridized carbons (Fsp3) is 0.176. The number of aromatic nitrogens is 3. The van der Waals surface area contributed by atoms with Gasteiger partial charge in [-0.1, -0.05) is 35.5 Å². The van der Waals surface area contributed by atoms with Gasteiger partial charge in [0.15, 0.2) is 5.82 Å². The SMILES string of the molecule is COc1ccc(Cl)cc1-c1nc(SCc2ccc(OC(F)F)cc2)n[nH]1. The first-order valence-corrected chi connectivity index (χ1v) is 8.84. The zero-order valence-corrected chi connectivity index (χ0v) is 15.2. The number of nitrogens with one attached hydrogen (secondary N) is 1. The molecular weight excluding hydrogens is 384 g/mol. The monoisotopic (exact) mass is 397 g/mol. The van der Waals surface area contributed by atoms with Crippen molar-refractivity contribution in [2.24, 2.45) is 0 Å². The second kappa shape index (κ2) is 8.37. The van der Waals surface area contributed by atoms with E-state index in [0.717, 1.165) is 5.56 Å². The molecule has 0 spiro atoms. The number of H-pyrrole nitrogens is 1. The van der Waals surface area contributed by atoms with Crippen LogP contribution in [0.3, 0.4) is 0 Å². The second-order valence-electron chi connectivity index (χ2n) is 5.12. The molecule has 9 heteroatoms. The van der Waals surface area contributed by atoms with Crippen molar-refractivity contribution >= 4 is 23.4 Å². The molecule has 0 aliphatic carbocycles. The number of halogens is 3. The molecule has 0 saturated heterocycles. The van der Waals surface area contributed by atoms with Crippen LogP contribution in [0.2, 0.25) is 5.02 Å². The Balaban J connectivity index is 1.67. The van der Waals surface area contributed by atoms with E-state index in [1.165, 1.54) is 23.9 Å². The number of hydrogen-bond donors (Lipinski definition) is 1. The molecule has 0 aliphatic rings. The van der Waals surface area contributed by atoms with Crippen molar-refractivity contribution < 1.29 is 18.3 Å². The van der Waals surface area contributed by atoms with Gasteiger partial charge < -0.3 is 9.47 Å². The number of hydrogen-bond acceptors (Lipinski definition) is 5. The number of alkyl halides is 2. The molecule has 1 aromatic heterocycles. The van der Waals surface area contributed by atoms with E-state index in [2.05, 4.69) is 19.9 Å². The predicted molar refractivity (Wildman–Crippen MR) is 96.0 cm³/mol. The molecule has 0 aliphatic heterocycles. The molecule has 2 aromatic carbocycles. The predicted octanol–water partition coefficient (Wildman–Crippen LogP) is 5.03. The van der Waals surface area contributed by atoms with Crippen molar-refractivity contribution in [1.29, 1.82) is 0 Å². The number of aromatic amines is 1. The highest BCUT2D eigenvalue weighted by Crippen LogP contribution is 2.31. The molecule has 26 heavy (non-hydrogen) atoms. The van der Waals surface area contributed by atoms with E-state index < -0.39 is 6.61 Å². The van der Waals surface area contributed by atoms with Crippen molar-refractivity contribution in [2.75, 3.05) is 7.11 Å². The van der Waals surface area contributed by atoms with Gasteiger partial charge in [-0.2, -0.15) is 8.78 Å². The lowest BCUT2D eigenvalue weighted by atomic mass is 10.2. The van der Waals surface area contributed by atoms with Crippen LogP contribution in [-0.2, 0) is 5.75 Å². The van der Waals surface area contributed by atoms with E-state index in [4.69, 9.17) is 16.3 Å². The van der Waals surface area contributed by atoms with Gasteiger partial charge in [-0.15, -0.1) is 5.10 Å². The fourth-order valence-electron chi connectivity index (χ4n) is 2.21. The molecule has 0 bridgehead atoms. The lowest BCUT2D eigenvalue weighted by Gasteiger charge is -2.05. The molecule has 1 heterocycles. The van der Waals surface area contributed by atoms with Crippen molar-refractivity contribution in [3.8, 4) is 22.9 Å². The van der Waals surface area contributed by atoms with Gasteiger partial charge in [-0.25, -0.2) is 4.98 Å². The maximum Gasteiger partial charge on any atom is 0.387 e. The van der Waals surface area contributed by atoms with Crippen molar-refractivity contribution in [3.05, 3.63) is 53.1 Å². The first-order valence-electron chi connectivity index (χ1n) is 7.48. The van der Waals surface area contributed by atoms with Gasteiger partial charge >= 0.3 is 6.61 Å².